The van der Waals surface area contributed by atoms with E-state index in [4.69, 9.17) is 0 Å². The summed E-state index contributed by atoms with van der Waals surface area (Å²) in [5, 5.41) is 3.17. The number of hydrogen-bond acceptors (Lipinski definition) is 4. The van der Waals surface area contributed by atoms with Crippen LogP contribution >= 0.6 is 0 Å². The Hall–Kier alpha value is -1.82. The van der Waals surface area contributed by atoms with Crippen molar-refractivity contribution in [2.45, 2.75) is 53.5 Å². The zero-order chi connectivity index (χ0) is 19.8. The second-order valence-corrected chi connectivity index (χ2v) is 7.60. The lowest BCUT2D eigenvalue weighted by molar-refractivity contribution is 0.189. The average Bonchev–Trinajstić information content (AvgIpc) is 2.64. The highest BCUT2D eigenvalue weighted by Gasteiger charge is 2.22. The Labute approximate surface area is 164 Å². The molecule has 6 nitrogen and oxygen atoms in total. The smallest absolute Gasteiger partial charge is 0.317 e. The van der Waals surface area contributed by atoms with Gasteiger partial charge in [-0.15, -0.1) is 0 Å². The van der Waals surface area contributed by atoms with Crippen molar-refractivity contribution in [3.8, 4) is 0 Å². The van der Waals surface area contributed by atoms with E-state index in [1.54, 1.807) is 0 Å². The number of rotatable bonds is 8. The van der Waals surface area contributed by atoms with Gasteiger partial charge in [-0.05, 0) is 65.4 Å². The molecule has 2 heterocycles. The molecule has 0 aromatic carbocycles. The molecule has 1 aromatic heterocycles. The molecule has 1 aliphatic rings. The number of pyridine rings is 1. The maximum atomic E-state index is 12.5. The Bertz CT molecular complexity index is 574. The number of aryl methyl sites for hydroxylation is 2. The van der Waals surface area contributed by atoms with Crippen LogP contribution in [0.5, 0.6) is 0 Å². The van der Waals surface area contributed by atoms with E-state index in [9.17, 15) is 4.79 Å². The quantitative estimate of drug-likeness (QED) is 0.759. The van der Waals surface area contributed by atoms with Gasteiger partial charge in [-0.3, -0.25) is 4.98 Å². The zero-order valence-corrected chi connectivity index (χ0v) is 17.8. The molecule has 1 N–H and O–H groups in total. The van der Waals surface area contributed by atoms with Crippen molar-refractivity contribution >= 4 is 11.7 Å². The molecule has 1 aromatic rings. The first-order chi connectivity index (χ1) is 12.9. The van der Waals surface area contributed by atoms with E-state index in [2.05, 4.69) is 53.0 Å². The van der Waals surface area contributed by atoms with Crippen LogP contribution in [-0.2, 0) is 0 Å². The Balaban J connectivity index is 1.74. The number of anilines is 1. The van der Waals surface area contributed by atoms with Crippen LogP contribution in [0.4, 0.5) is 10.5 Å². The van der Waals surface area contributed by atoms with Crippen molar-refractivity contribution in [3.05, 3.63) is 23.5 Å². The minimum atomic E-state index is 0.0760. The number of urea groups is 1. The van der Waals surface area contributed by atoms with Crippen LogP contribution in [0.25, 0.3) is 0 Å². The van der Waals surface area contributed by atoms with Gasteiger partial charge in [0.1, 0.15) is 0 Å². The van der Waals surface area contributed by atoms with Gasteiger partial charge in [0.2, 0.25) is 0 Å². The molecule has 1 saturated heterocycles. The van der Waals surface area contributed by atoms with E-state index in [1.165, 1.54) is 5.69 Å². The van der Waals surface area contributed by atoms with E-state index in [0.717, 1.165) is 70.0 Å². The first-order valence-electron chi connectivity index (χ1n) is 10.4. The van der Waals surface area contributed by atoms with E-state index in [0.29, 0.717) is 0 Å². The van der Waals surface area contributed by atoms with Gasteiger partial charge in [-0.1, -0.05) is 13.8 Å². The van der Waals surface area contributed by atoms with Crippen molar-refractivity contribution in [1.82, 2.24) is 20.1 Å². The highest BCUT2D eigenvalue weighted by molar-refractivity contribution is 5.74. The van der Waals surface area contributed by atoms with Crippen molar-refractivity contribution in [2.24, 2.45) is 0 Å². The van der Waals surface area contributed by atoms with Crippen molar-refractivity contribution in [2.75, 3.05) is 50.7 Å². The van der Waals surface area contributed by atoms with Crippen LogP contribution in [0.3, 0.4) is 0 Å². The average molecular weight is 376 g/mol. The molecule has 0 bridgehead atoms. The number of nitrogens with one attached hydrogen (secondary N) is 1. The van der Waals surface area contributed by atoms with Crippen LogP contribution in [0, 0.1) is 13.8 Å². The molecule has 2 rings (SSSR count). The van der Waals surface area contributed by atoms with Gasteiger partial charge in [0.05, 0.1) is 0 Å². The summed E-state index contributed by atoms with van der Waals surface area (Å²) in [6, 6.07) is 4.55. The highest BCUT2D eigenvalue weighted by atomic mass is 16.2. The van der Waals surface area contributed by atoms with E-state index in [-0.39, 0.29) is 12.1 Å². The molecular formula is C21H37N5O. The number of hydrogen-bond donors (Lipinski definition) is 1. The Morgan fingerprint density at radius 1 is 1.15 bits per heavy atom. The highest BCUT2D eigenvalue weighted by Crippen LogP contribution is 2.18. The third kappa shape index (κ3) is 6.69. The van der Waals surface area contributed by atoms with Gasteiger partial charge in [0, 0.05) is 49.3 Å². The van der Waals surface area contributed by atoms with Gasteiger partial charge < -0.3 is 20.0 Å². The molecule has 6 heteroatoms. The second-order valence-electron chi connectivity index (χ2n) is 7.60. The van der Waals surface area contributed by atoms with Gasteiger partial charge in [0.25, 0.3) is 0 Å². The summed E-state index contributed by atoms with van der Waals surface area (Å²) in [5.41, 5.74) is 3.30. The topological polar surface area (TPSA) is 51.7 Å². The fourth-order valence-electron chi connectivity index (χ4n) is 3.70. The van der Waals surface area contributed by atoms with Gasteiger partial charge in [-0.2, -0.15) is 0 Å². The molecule has 1 atom stereocenters. The summed E-state index contributed by atoms with van der Waals surface area (Å²) in [5.74, 6) is 0. The maximum absolute atomic E-state index is 12.5. The monoisotopic (exact) mass is 375 g/mol. The Kier molecular flexibility index (Phi) is 8.35. The lowest BCUT2D eigenvalue weighted by atomic mass is 10.1. The fraction of sp³-hybridized carbons (Fsp3) is 0.714. The first-order valence-corrected chi connectivity index (χ1v) is 10.4. The largest absolute Gasteiger partial charge is 0.368 e. The molecule has 2 amide bonds. The zero-order valence-electron chi connectivity index (χ0n) is 17.8. The number of nitrogens with zero attached hydrogens (tertiary/aromatic N) is 4. The van der Waals surface area contributed by atoms with Crippen LogP contribution in [0.1, 0.15) is 45.0 Å². The van der Waals surface area contributed by atoms with Crippen LogP contribution in [0.15, 0.2) is 12.1 Å². The third-order valence-corrected chi connectivity index (χ3v) is 5.37. The number of piperazine rings is 1. The van der Waals surface area contributed by atoms with Crippen molar-refractivity contribution in [1.29, 1.82) is 0 Å². The molecule has 1 fully saturated rings. The van der Waals surface area contributed by atoms with E-state index in [1.807, 2.05) is 18.7 Å². The van der Waals surface area contributed by atoms with Crippen LogP contribution < -0.4 is 10.2 Å². The summed E-state index contributed by atoms with van der Waals surface area (Å²) >= 11 is 0. The summed E-state index contributed by atoms with van der Waals surface area (Å²) in [7, 11) is 0. The molecule has 1 aliphatic heterocycles. The number of amides is 2. The summed E-state index contributed by atoms with van der Waals surface area (Å²) in [4.78, 5) is 23.7. The van der Waals surface area contributed by atoms with E-state index < -0.39 is 0 Å². The molecular weight excluding hydrogens is 338 g/mol. The number of aromatic nitrogens is 1. The van der Waals surface area contributed by atoms with Crippen molar-refractivity contribution < 1.29 is 4.79 Å². The summed E-state index contributed by atoms with van der Waals surface area (Å²) in [6.07, 6.45) is 2.15. The lowest BCUT2D eigenvalue weighted by Gasteiger charge is -2.36. The molecule has 0 radical (unpaired) electrons. The second kappa shape index (κ2) is 10.5. The van der Waals surface area contributed by atoms with E-state index >= 15 is 0 Å². The molecule has 0 spiro atoms. The van der Waals surface area contributed by atoms with Crippen LogP contribution in [0.2, 0.25) is 0 Å². The maximum Gasteiger partial charge on any atom is 0.317 e. The normalized spacial score (nSPS) is 15.9. The predicted molar refractivity (Wildman–Crippen MR) is 113 cm³/mol. The molecule has 1 unspecified atom stereocenters. The summed E-state index contributed by atoms with van der Waals surface area (Å²) in [6.45, 7) is 17.1. The number of carbonyl (C=O) groups is 1. The minimum absolute atomic E-state index is 0.0760. The molecule has 0 aliphatic carbocycles. The lowest BCUT2D eigenvalue weighted by Crippen LogP contribution is -2.53. The number of carbonyl (C=O) groups excluding carboxylic acids is 1. The standard InChI is InChI=1S/C21H37N5O/c1-6-24(7-2)10-8-9-17(3)23-21(27)26-13-11-25(12-14-26)20-15-18(4)22-19(5)16-20/h15-17H,6-14H2,1-5H3,(H,23,27). The molecule has 152 valence electrons. The van der Waals surface area contributed by atoms with Gasteiger partial charge in [0.15, 0.2) is 0 Å². The third-order valence-electron chi connectivity index (χ3n) is 5.37. The molecule has 0 saturated carbocycles. The fourth-order valence-corrected chi connectivity index (χ4v) is 3.70. The molecule has 27 heavy (non-hydrogen) atoms. The predicted octanol–water partition coefficient (Wildman–Crippen LogP) is 3.04. The SMILES string of the molecule is CCN(CC)CCCC(C)NC(=O)N1CCN(c2cc(C)nc(C)c2)CC1. The minimum Gasteiger partial charge on any atom is -0.368 e. The summed E-state index contributed by atoms with van der Waals surface area (Å²) < 4.78 is 0. The van der Waals surface area contributed by atoms with Crippen LogP contribution in [-0.4, -0.2) is 72.7 Å². The van der Waals surface area contributed by atoms with Gasteiger partial charge >= 0.3 is 6.03 Å². The van der Waals surface area contributed by atoms with Gasteiger partial charge in [-0.25, -0.2) is 4.79 Å². The first kappa shape index (κ1) is 21.5. The van der Waals surface area contributed by atoms with Crippen molar-refractivity contribution in [3.63, 3.8) is 0 Å². The Morgan fingerprint density at radius 3 is 2.30 bits per heavy atom. The Morgan fingerprint density at radius 2 is 1.74 bits per heavy atom.